The summed E-state index contributed by atoms with van der Waals surface area (Å²) in [4.78, 5) is 0. The molecule has 4 unspecified atom stereocenters. The quantitative estimate of drug-likeness (QED) is 0.315. The van der Waals surface area contributed by atoms with E-state index in [9.17, 15) is 0 Å². The molecule has 0 radical (unpaired) electrons. The summed E-state index contributed by atoms with van der Waals surface area (Å²) in [6, 6.07) is 0. The number of rotatable bonds is 12. The van der Waals surface area contributed by atoms with Crippen molar-refractivity contribution in [1.82, 2.24) is 0 Å². The molecule has 2 rings (SSSR count). The second-order valence-corrected chi connectivity index (χ2v) is 5.50. The summed E-state index contributed by atoms with van der Waals surface area (Å²) in [5.41, 5.74) is 0. The van der Waals surface area contributed by atoms with Gasteiger partial charge < -0.3 is 18.9 Å². The third kappa shape index (κ3) is 4.61. The van der Waals surface area contributed by atoms with Crippen molar-refractivity contribution in [2.75, 3.05) is 39.6 Å². The van der Waals surface area contributed by atoms with Gasteiger partial charge in [0.05, 0.1) is 39.0 Å². The van der Waals surface area contributed by atoms with Crippen LogP contribution in [0.15, 0.2) is 37.8 Å². The molecule has 0 saturated heterocycles. The summed E-state index contributed by atoms with van der Waals surface area (Å²) in [5.74, 6) is 2.41. The van der Waals surface area contributed by atoms with E-state index < -0.39 is 0 Å². The molecular weight excluding hydrogens is 268 g/mol. The smallest absolute Gasteiger partial charge is 0.111 e. The normalized spacial score (nSPS) is 29.5. The fourth-order valence-corrected chi connectivity index (χ4v) is 3.34. The number of ether oxygens (including phenoxy) is 4. The molecule has 0 aromatic heterocycles. The van der Waals surface area contributed by atoms with E-state index in [4.69, 9.17) is 18.9 Å². The van der Waals surface area contributed by atoms with Gasteiger partial charge in [-0.25, -0.2) is 0 Å². The first kappa shape index (κ1) is 16.1. The van der Waals surface area contributed by atoms with Gasteiger partial charge in [0, 0.05) is 0 Å². The maximum atomic E-state index is 5.75. The highest BCUT2D eigenvalue weighted by atomic mass is 16.5. The zero-order valence-electron chi connectivity index (χ0n) is 12.6. The van der Waals surface area contributed by atoms with Crippen LogP contribution in [-0.4, -0.2) is 39.6 Å². The number of hydrogen-bond acceptors (Lipinski definition) is 4. The largest absolute Gasteiger partial charge is 0.499 e. The van der Waals surface area contributed by atoms with E-state index in [-0.39, 0.29) is 0 Å². The second-order valence-electron chi connectivity index (χ2n) is 5.50. The molecule has 0 spiro atoms. The van der Waals surface area contributed by atoms with Crippen molar-refractivity contribution in [1.29, 1.82) is 0 Å². The van der Waals surface area contributed by atoms with Gasteiger partial charge in [0.15, 0.2) is 0 Å². The van der Waals surface area contributed by atoms with Crippen molar-refractivity contribution in [2.24, 2.45) is 23.7 Å². The van der Waals surface area contributed by atoms with Crippen LogP contribution in [0.25, 0.3) is 0 Å². The van der Waals surface area contributed by atoms with Crippen molar-refractivity contribution in [3.8, 4) is 0 Å². The maximum absolute atomic E-state index is 5.75. The van der Waals surface area contributed by atoms with Crippen molar-refractivity contribution >= 4 is 0 Å². The third-order valence-corrected chi connectivity index (χ3v) is 4.35. The van der Waals surface area contributed by atoms with E-state index in [1.165, 1.54) is 18.9 Å². The molecule has 4 atom stereocenters. The summed E-state index contributed by atoms with van der Waals surface area (Å²) in [6.45, 7) is 11.0. The Bertz CT molecular complexity index is 321. The van der Waals surface area contributed by atoms with Crippen molar-refractivity contribution in [3.05, 3.63) is 37.8 Å². The molecule has 0 amide bonds. The average Bonchev–Trinajstić information content (AvgIpc) is 3.09. The minimum atomic E-state index is 0.559. The molecule has 0 aromatic carbocycles. The highest BCUT2D eigenvalue weighted by Crippen LogP contribution is 2.48. The topological polar surface area (TPSA) is 36.9 Å². The highest BCUT2D eigenvalue weighted by Gasteiger charge is 2.44. The lowest BCUT2D eigenvalue weighted by Crippen LogP contribution is -2.29. The Morgan fingerprint density at radius 3 is 1.71 bits per heavy atom. The van der Waals surface area contributed by atoms with Crippen LogP contribution in [0.1, 0.15) is 6.42 Å². The van der Waals surface area contributed by atoms with E-state index in [1.54, 1.807) is 0 Å². The Morgan fingerprint density at radius 1 is 0.810 bits per heavy atom. The van der Waals surface area contributed by atoms with Crippen LogP contribution in [0.2, 0.25) is 0 Å². The standard InChI is InChI=1S/C17H26O4/c1-3-18-7-9-20-12-16-14-5-6-15(11-14)17(16)13-21-10-8-19-4-2/h3-6,14-17H,1-2,7-13H2. The Kier molecular flexibility index (Phi) is 6.83. The lowest BCUT2D eigenvalue weighted by atomic mass is 9.84. The fourth-order valence-electron chi connectivity index (χ4n) is 3.34. The summed E-state index contributed by atoms with van der Waals surface area (Å²) >= 11 is 0. The Morgan fingerprint density at radius 2 is 1.29 bits per heavy atom. The van der Waals surface area contributed by atoms with E-state index in [0.717, 1.165) is 13.2 Å². The summed E-state index contributed by atoms with van der Waals surface area (Å²) in [7, 11) is 0. The van der Waals surface area contributed by atoms with Crippen LogP contribution in [0, 0.1) is 23.7 Å². The minimum absolute atomic E-state index is 0.559. The zero-order chi connectivity index (χ0) is 14.9. The Labute approximate surface area is 127 Å². The molecule has 1 fully saturated rings. The molecule has 2 bridgehead atoms. The zero-order valence-corrected chi connectivity index (χ0v) is 12.6. The van der Waals surface area contributed by atoms with Gasteiger partial charge >= 0.3 is 0 Å². The van der Waals surface area contributed by atoms with Crippen LogP contribution < -0.4 is 0 Å². The molecule has 0 heterocycles. The molecule has 4 heteroatoms. The summed E-state index contributed by atoms with van der Waals surface area (Å²) in [6.07, 6.45) is 8.83. The van der Waals surface area contributed by atoms with Gasteiger partial charge in [-0.2, -0.15) is 0 Å². The van der Waals surface area contributed by atoms with Crippen LogP contribution in [0.3, 0.4) is 0 Å². The second kappa shape index (κ2) is 8.90. The van der Waals surface area contributed by atoms with Gasteiger partial charge in [-0.15, -0.1) is 0 Å². The lowest BCUT2D eigenvalue weighted by molar-refractivity contribution is 0.00784. The third-order valence-electron chi connectivity index (χ3n) is 4.35. The summed E-state index contributed by atoms with van der Waals surface area (Å²) in [5, 5.41) is 0. The van der Waals surface area contributed by atoms with E-state index in [1.807, 2.05) is 0 Å². The molecule has 118 valence electrons. The van der Waals surface area contributed by atoms with Gasteiger partial charge in [0.2, 0.25) is 0 Å². The van der Waals surface area contributed by atoms with Gasteiger partial charge in [0.1, 0.15) is 13.2 Å². The number of hydrogen-bond donors (Lipinski definition) is 0. The SMILES string of the molecule is C=COCCOCC1C2C=CC(C2)C1COCCOC=C. The number of fused-ring (bicyclic) bond motifs is 2. The minimum Gasteiger partial charge on any atom is -0.499 e. The monoisotopic (exact) mass is 294 g/mol. The summed E-state index contributed by atoms with van der Waals surface area (Å²) < 4.78 is 21.6. The molecule has 2 aliphatic rings. The maximum Gasteiger partial charge on any atom is 0.111 e. The first-order valence-corrected chi connectivity index (χ1v) is 7.65. The van der Waals surface area contributed by atoms with Gasteiger partial charge in [-0.3, -0.25) is 0 Å². The molecular formula is C17H26O4. The molecule has 2 aliphatic carbocycles. The molecule has 21 heavy (non-hydrogen) atoms. The van der Waals surface area contributed by atoms with Crippen molar-refractivity contribution in [3.63, 3.8) is 0 Å². The van der Waals surface area contributed by atoms with Gasteiger partial charge in [0.25, 0.3) is 0 Å². The first-order valence-electron chi connectivity index (χ1n) is 7.65. The first-order chi connectivity index (χ1) is 10.4. The van der Waals surface area contributed by atoms with E-state index >= 15 is 0 Å². The molecule has 1 saturated carbocycles. The highest BCUT2D eigenvalue weighted by molar-refractivity contribution is 5.13. The molecule has 4 nitrogen and oxygen atoms in total. The molecule has 0 aromatic rings. The Balaban J connectivity index is 1.69. The fraction of sp³-hybridized carbons (Fsp3) is 0.647. The predicted octanol–water partition coefficient (Wildman–Crippen LogP) is 2.78. The molecule has 0 N–H and O–H groups in total. The number of allylic oxidation sites excluding steroid dienone is 2. The van der Waals surface area contributed by atoms with Crippen LogP contribution >= 0.6 is 0 Å². The average molecular weight is 294 g/mol. The van der Waals surface area contributed by atoms with Crippen LogP contribution in [-0.2, 0) is 18.9 Å². The van der Waals surface area contributed by atoms with Gasteiger partial charge in [-0.05, 0) is 30.1 Å². The van der Waals surface area contributed by atoms with Crippen molar-refractivity contribution < 1.29 is 18.9 Å². The molecule has 0 aliphatic heterocycles. The predicted molar refractivity (Wildman–Crippen MR) is 81.7 cm³/mol. The Hall–Kier alpha value is -1.26. The van der Waals surface area contributed by atoms with E-state index in [0.29, 0.717) is 50.1 Å². The van der Waals surface area contributed by atoms with Crippen molar-refractivity contribution in [2.45, 2.75) is 6.42 Å². The van der Waals surface area contributed by atoms with Crippen LogP contribution in [0.4, 0.5) is 0 Å². The van der Waals surface area contributed by atoms with Crippen LogP contribution in [0.5, 0.6) is 0 Å². The lowest BCUT2D eigenvalue weighted by Gasteiger charge is -2.27. The van der Waals surface area contributed by atoms with Gasteiger partial charge in [-0.1, -0.05) is 25.3 Å². The van der Waals surface area contributed by atoms with E-state index in [2.05, 4.69) is 25.3 Å².